The summed E-state index contributed by atoms with van der Waals surface area (Å²) in [4.78, 5) is 0. The highest BCUT2D eigenvalue weighted by atomic mass is 16.5. The largest absolute Gasteiger partial charge is 0.497 e. The first-order valence-corrected chi connectivity index (χ1v) is 5.28. The van der Waals surface area contributed by atoms with E-state index in [9.17, 15) is 0 Å². The number of hydrogen-bond donors (Lipinski definition) is 0. The Kier molecular flexibility index (Phi) is 3.50. The highest BCUT2D eigenvalue weighted by Crippen LogP contribution is 2.26. The van der Waals surface area contributed by atoms with Gasteiger partial charge in [-0.05, 0) is 36.4 Å². The molecule has 3 nitrogen and oxygen atoms in total. The summed E-state index contributed by atoms with van der Waals surface area (Å²) in [6, 6.07) is 14.9. The van der Waals surface area contributed by atoms with E-state index in [1.54, 1.807) is 14.2 Å². The van der Waals surface area contributed by atoms with Crippen molar-refractivity contribution in [1.29, 1.82) is 0 Å². The average Bonchev–Trinajstić information content (AvgIpc) is 2.40. The number of rotatable bonds is 4. The molecule has 3 heteroatoms. The van der Waals surface area contributed by atoms with Gasteiger partial charge in [-0.25, -0.2) is 0 Å². The molecular formula is C14H14O3. The molecule has 2 aromatic carbocycles. The SMILES string of the molecule is COc1ccc(Oc2cccc(OC)c2)cc1. The summed E-state index contributed by atoms with van der Waals surface area (Å²) in [6.07, 6.45) is 0. The Hall–Kier alpha value is -2.16. The highest BCUT2D eigenvalue weighted by molar-refractivity contribution is 5.38. The molecule has 0 fully saturated rings. The fourth-order valence-corrected chi connectivity index (χ4v) is 1.44. The van der Waals surface area contributed by atoms with Crippen molar-refractivity contribution in [1.82, 2.24) is 0 Å². The van der Waals surface area contributed by atoms with Crippen molar-refractivity contribution in [3.8, 4) is 23.0 Å². The van der Waals surface area contributed by atoms with E-state index in [4.69, 9.17) is 14.2 Å². The van der Waals surface area contributed by atoms with Crippen molar-refractivity contribution < 1.29 is 14.2 Å². The number of benzene rings is 2. The van der Waals surface area contributed by atoms with Gasteiger partial charge in [0.25, 0.3) is 0 Å². The van der Waals surface area contributed by atoms with Crippen molar-refractivity contribution >= 4 is 0 Å². The van der Waals surface area contributed by atoms with E-state index < -0.39 is 0 Å². The van der Waals surface area contributed by atoms with Crippen LogP contribution in [0.25, 0.3) is 0 Å². The standard InChI is InChI=1S/C14H14O3/c1-15-11-6-8-12(9-7-11)17-14-5-3-4-13(10-14)16-2/h3-10H,1-2H3. The second kappa shape index (κ2) is 5.25. The Morgan fingerprint density at radius 2 is 1.24 bits per heavy atom. The first-order valence-electron chi connectivity index (χ1n) is 5.28. The van der Waals surface area contributed by atoms with Gasteiger partial charge in [0.1, 0.15) is 23.0 Å². The summed E-state index contributed by atoms with van der Waals surface area (Å²) >= 11 is 0. The maximum absolute atomic E-state index is 5.68. The van der Waals surface area contributed by atoms with Gasteiger partial charge in [-0.1, -0.05) is 6.07 Å². The molecule has 0 saturated carbocycles. The average molecular weight is 230 g/mol. The maximum Gasteiger partial charge on any atom is 0.131 e. The summed E-state index contributed by atoms with van der Waals surface area (Å²) < 4.78 is 15.9. The van der Waals surface area contributed by atoms with Crippen LogP contribution in [-0.2, 0) is 0 Å². The Balaban J connectivity index is 2.13. The molecule has 0 aromatic heterocycles. The van der Waals surface area contributed by atoms with E-state index in [0.29, 0.717) is 0 Å². The minimum Gasteiger partial charge on any atom is -0.497 e. The number of methoxy groups -OCH3 is 2. The van der Waals surface area contributed by atoms with Gasteiger partial charge in [-0.2, -0.15) is 0 Å². The summed E-state index contributed by atoms with van der Waals surface area (Å²) in [7, 11) is 3.27. The topological polar surface area (TPSA) is 27.7 Å². The summed E-state index contributed by atoms with van der Waals surface area (Å²) in [6.45, 7) is 0. The molecule has 0 aliphatic heterocycles. The van der Waals surface area contributed by atoms with Crippen LogP contribution in [0, 0.1) is 0 Å². The molecule has 2 aromatic rings. The molecule has 0 aliphatic rings. The van der Waals surface area contributed by atoms with E-state index in [0.717, 1.165) is 23.0 Å². The first-order chi connectivity index (χ1) is 8.31. The van der Waals surface area contributed by atoms with E-state index in [1.165, 1.54) is 0 Å². The molecule has 0 radical (unpaired) electrons. The molecule has 0 unspecified atom stereocenters. The van der Waals surface area contributed by atoms with Gasteiger partial charge in [0.2, 0.25) is 0 Å². The van der Waals surface area contributed by atoms with Crippen molar-refractivity contribution in [3.05, 3.63) is 48.5 Å². The van der Waals surface area contributed by atoms with E-state index in [-0.39, 0.29) is 0 Å². The van der Waals surface area contributed by atoms with Crippen LogP contribution < -0.4 is 14.2 Å². The van der Waals surface area contributed by atoms with E-state index in [2.05, 4.69) is 0 Å². The Morgan fingerprint density at radius 1 is 0.647 bits per heavy atom. The second-order valence-electron chi connectivity index (χ2n) is 3.46. The molecule has 0 aliphatic carbocycles. The van der Waals surface area contributed by atoms with E-state index in [1.807, 2.05) is 48.5 Å². The van der Waals surface area contributed by atoms with Crippen molar-refractivity contribution in [2.24, 2.45) is 0 Å². The van der Waals surface area contributed by atoms with Gasteiger partial charge in [0.15, 0.2) is 0 Å². The van der Waals surface area contributed by atoms with Crippen LogP contribution in [-0.4, -0.2) is 14.2 Å². The van der Waals surface area contributed by atoms with Crippen molar-refractivity contribution in [2.75, 3.05) is 14.2 Å². The highest BCUT2D eigenvalue weighted by Gasteiger charge is 1.99. The third-order valence-corrected chi connectivity index (χ3v) is 2.34. The predicted octanol–water partition coefficient (Wildman–Crippen LogP) is 3.50. The molecular weight excluding hydrogens is 216 g/mol. The number of hydrogen-bond acceptors (Lipinski definition) is 3. The van der Waals surface area contributed by atoms with Crippen molar-refractivity contribution in [2.45, 2.75) is 0 Å². The summed E-state index contributed by atoms with van der Waals surface area (Å²) in [5.74, 6) is 3.09. The van der Waals surface area contributed by atoms with Crippen LogP contribution in [0.2, 0.25) is 0 Å². The number of ether oxygens (including phenoxy) is 3. The zero-order valence-electron chi connectivity index (χ0n) is 9.84. The smallest absolute Gasteiger partial charge is 0.131 e. The fraction of sp³-hybridized carbons (Fsp3) is 0.143. The molecule has 0 amide bonds. The molecule has 88 valence electrons. The molecule has 0 atom stereocenters. The van der Waals surface area contributed by atoms with Gasteiger partial charge < -0.3 is 14.2 Å². The van der Waals surface area contributed by atoms with Crippen LogP contribution in [0.1, 0.15) is 0 Å². The van der Waals surface area contributed by atoms with Gasteiger partial charge in [0.05, 0.1) is 14.2 Å². The third-order valence-electron chi connectivity index (χ3n) is 2.34. The lowest BCUT2D eigenvalue weighted by molar-refractivity contribution is 0.407. The Labute approximate surface area is 101 Å². The van der Waals surface area contributed by atoms with Gasteiger partial charge in [0, 0.05) is 6.07 Å². The minimum atomic E-state index is 0.745. The lowest BCUT2D eigenvalue weighted by Crippen LogP contribution is -1.87. The lowest BCUT2D eigenvalue weighted by Gasteiger charge is -2.07. The Bertz CT molecular complexity index is 477. The van der Waals surface area contributed by atoms with Crippen LogP contribution in [0.4, 0.5) is 0 Å². The van der Waals surface area contributed by atoms with Gasteiger partial charge in [-0.3, -0.25) is 0 Å². The normalized spacial score (nSPS) is 9.76. The zero-order valence-corrected chi connectivity index (χ0v) is 9.84. The molecule has 0 heterocycles. The monoisotopic (exact) mass is 230 g/mol. The molecule has 0 bridgehead atoms. The molecule has 0 N–H and O–H groups in total. The Morgan fingerprint density at radius 3 is 1.88 bits per heavy atom. The third kappa shape index (κ3) is 2.91. The zero-order chi connectivity index (χ0) is 12.1. The van der Waals surface area contributed by atoms with Gasteiger partial charge >= 0.3 is 0 Å². The molecule has 17 heavy (non-hydrogen) atoms. The molecule has 2 rings (SSSR count). The first kappa shape index (κ1) is 11.3. The van der Waals surface area contributed by atoms with Gasteiger partial charge in [-0.15, -0.1) is 0 Å². The summed E-state index contributed by atoms with van der Waals surface area (Å²) in [5, 5.41) is 0. The van der Waals surface area contributed by atoms with Crippen LogP contribution in [0.15, 0.2) is 48.5 Å². The van der Waals surface area contributed by atoms with Crippen LogP contribution in [0.3, 0.4) is 0 Å². The molecule has 0 spiro atoms. The lowest BCUT2D eigenvalue weighted by atomic mass is 10.3. The summed E-state index contributed by atoms with van der Waals surface area (Å²) in [5.41, 5.74) is 0. The van der Waals surface area contributed by atoms with Crippen LogP contribution >= 0.6 is 0 Å². The second-order valence-corrected chi connectivity index (χ2v) is 3.46. The predicted molar refractivity (Wildman–Crippen MR) is 66.1 cm³/mol. The quantitative estimate of drug-likeness (QED) is 0.804. The fourth-order valence-electron chi connectivity index (χ4n) is 1.44. The van der Waals surface area contributed by atoms with E-state index >= 15 is 0 Å². The van der Waals surface area contributed by atoms with Crippen molar-refractivity contribution in [3.63, 3.8) is 0 Å². The minimum absolute atomic E-state index is 0.745. The molecule has 0 saturated heterocycles. The van der Waals surface area contributed by atoms with Crippen LogP contribution in [0.5, 0.6) is 23.0 Å². The maximum atomic E-state index is 5.68.